The first-order valence-corrected chi connectivity index (χ1v) is 8.14. The number of anilines is 1. The Morgan fingerprint density at radius 2 is 2.16 bits per heavy atom. The van der Waals surface area contributed by atoms with Crippen molar-refractivity contribution in [2.75, 3.05) is 11.5 Å². The summed E-state index contributed by atoms with van der Waals surface area (Å²) in [5.41, 5.74) is 6.53. The lowest BCUT2D eigenvalue weighted by Crippen LogP contribution is -2.20. The van der Waals surface area contributed by atoms with Gasteiger partial charge in [-0.25, -0.2) is 8.42 Å². The van der Waals surface area contributed by atoms with Crippen molar-refractivity contribution in [3.63, 3.8) is 0 Å². The molecule has 0 saturated heterocycles. The van der Waals surface area contributed by atoms with E-state index in [1.165, 1.54) is 0 Å². The van der Waals surface area contributed by atoms with Crippen LogP contribution in [0.1, 0.15) is 56.2 Å². The molecule has 0 spiro atoms. The second-order valence-corrected chi connectivity index (χ2v) is 6.82. The highest BCUT2D eigenvalue weighted by molar-refractivity contribution is 7.89. The zero-order valence-corrected chi connectivity index (χ0v) is 11.8. The molecule has 1 heterocycles. The minimum Gasteiger partial charge on any atom is -0.382 e. The monoisotopic (exact) mass is 282 g/mol. The minimum atomic E-state index is -3.55. The highest BCUT2D eigenvalue weighted by Gasteiger charge is 2.33. The molecule has 1 saturated carbocycles. The lowest BCUT2D eigenvalue weighted by Gasteiger charge is -2.05. The number of nitriles is 1. The molecule has 2 N–H and O–H groups in total. The van der Waals surface area contributed by atoms with E-state index in [0.717, 1.165) is 29.8 Å². The molecule has 1 aliphatic carbocycles. The lowest BCUT2D eigenvalue weighted by atomic mass is 10.2. The first kappa shape index (κ1) is 13.9. The largest absolute Gasteiger partial charge is 0.382 e. The molecule has 1 fully saturated rings. The molecule has 0 radical (unpaired) electrons. The number of hydrogen-bond donors (Lipinski definition) is 1. The van der Waals surface area contributed by atoms with Crippen LogP contribution in [0.25, 0.3) is 0 Å². The van der Waals surface area contributed by atoms with E-state index in [9.17, 15) is 8.42 Å². The third-order valence-corrected chi connectivity index (χ3v) is 4.87. The average Bonchev–Trinajstić information content (AvgIpc) is 3.13. The number of nitrogen functional groups attached to an aromatic ring is 1. The van der Waals surface area contributed by atoms with Gasteiger partial charge in [0.1, 0.15) is 11.6 Å². The molecule has 1 aliphatic rings. The molecule has 0 bridgehead atoms. The van der Waals surface area contributed by atoms with Crippen LogP contribution in [-0.4, -0.2) is 23.4 Å². The fraction of sp³-hybridized carbons (Fsp3) is 0.667. The van der Waals surface area contributed by atoms with Crippen molar-refractivity contribution in [2.24, 2.45) is 0 Å². The molecule has 104 valence electrons. The van der Waals surface area contributed by atoms with Gasteiger partial charge < -0.3 is 5.73 Å². The summed E-state index contributed by atoms with van der Waals surface area (Å²) in [7, 11) is -3.55. The number of unbranched alkanes of at least 4 members (excludes halogenated alkanes) is 2. The van der Waals surface area contributed by atoms with E-state index in [-0.39, 0.29) is 23.1 Å². The fourth-order valence-electron chi connectivity index (χ4n) is 2.02. The zero-order valence-electron chi connectivity index (χ0n) is 11.0. The predicted octanol–water partition coefficient (Wildman–Crippen LogP) is 1.58. The molecule has 0 atom stereocenters. The van der Waals surface area contributed by atoms with E-state index >= 15 is 0 Å². The summed E-state index contributed by atoms with van der Waals surface area (Å²) in [6.07, 6.45) is 4.27. The Balaban J connectivity index is 2.32. The Morgan fingerprint density at radius 3 is 2.68 bits per heavy atom. The number of hydrogen-bond acceptors (Lipinski definition) is 5. The highest BCUT2D eigenvalue weighted by atomic mass is 32.2. The third-order valence-electron chi connectivity index (χ3n) is 3.26. The van der Waals surface area contributed by atoms with Crippen LogP contribution in [0, 0.1) is 11.3 Å². The molecule has 0 aliphatic heterocycles. The van der Waals surface area contributed by atoms with Gasteiger partial charge in [-0.15, -0.1) is 4.09 Å². The Kier molecular flexibility index (Phi) is 3.80. The predicted molar refractivity (Wildman–Crippen MR) is 72.0 cm³/mol. The van der Waals surface area contributed by atoms with Crippen molar-refractivity contribution in [1.29, 1.82) is 5.26 Å². The molecule has 0 amide bonds. The van der Waals surface area contributed by atoms with Gasteiger partial charge in [0.2, 0.25) is 0 Å². The zero-order chi connectivity index (χ0) is 14.0. The van der Waals surface area contributed by atoms with Crippen LogP contribution in [0.15, 0.2) is 0 Å². The maximum Gasteiger partial charge on any atom is 0.255 e. The maximum atomic E-state index is 12.2. The van der Waals surface area contributed by atoms with Crippen molar-refractivity contribution in [1.82, 2.24) is 9.19 Å². The smallest absolute Gasteiger partial charge is 0.255 e. The van der Waals surface area contributed by atoms with Crippen LogP contribution in [0.2, 0.25) is 0 Å². The molecule has 0 aromatic carbocycles. The van der Waals surface area contributed by atoms with Gasteiger partial charge in [-0.05, 0) is 19.3 Å². The Morgan fingerprint density at radius 1 is 1.47 bits per heavy atom. The number of nitrogens with two attached hydrogens (primary N) is 1. The van der Waals surface area contributed by atoms with E-state index < -0.39 is 10.0 Å². The summed E-state index contributed by atoms with van der Waals surface area (Å²) in [4.78, 5) is 0. The van der Waals surface area contributed by atoms with Crippen LogP contribution < -0.4 is 5.73 Å². The van der Waals surface area contributed by atoms with Gasteiger partial charge in [-0.2, -0.15) is 10.4 Å². The quantitative estimate of drug-likeness (QED) is 0.798. The first-order chi connectivity index (χ1) is 9.01. The van der Waals surface area contributed by atoms with Gasteiger partial charge in [0.25, 0.3) is 10.0 Å². The van der Waals surface area contributed by atoms with Crippen LogP contribution in [0.4, 0.5) is 5.82 Å². The minimum absolute atomic E-state index is 0.0156. The third kappa shape index (κ3) is 2.73. The molecule has 0 unspecified atom stereocenters. The summed E-state index contributed by atoms with van der Waals surface area (Å²) in [5, 5.41) is 13.2. The Bertz CT molecular complexity index is 608. The molecule has 6 nitrogen and oxygen atoms in total. The molecule has 7 heteroatoms. The Labute approximate surface area is 113 Å². The summed E-state index contributed by atoms with van der Waals surface area (Å²) in [5.74, 6) is 0.173. The topological polar surface area (TPSA) is 102 Å². The van der Waals surface area contributed by atoms with Crippen LogP contribution in [0.5, 0.6) is 0 Å². The number of aromatic nitrogens is 2. The summed E-state index contributed by atoms with van der Waals surface area (Å²) >= 11 is 0. The second kappa shape index (κ2) is 5.21. The summed E-state index contributed by atoms with van der Waals surface area (Å²) in [6.45, 7) is 2.01. The average molecular weight is 282 g/mol. The highest BCUT2D eigenvalue weighted by Crippen LogP contribution is 2.42. The van der Waals surface area contributed by atoms with Crippen molar-refractivity contribution >= 4 is 15.8 Å². The number of rotatable bonds is 6. The van der Waals surface area contributed by atoms with Crippen LogP contribution in [0.3, 0.4) is 0 Å². The van der Waals surface area contributed by atoms with Gasteiger partial charge in [0.15, 0.2) is 5.82 Å². The molecule has 19 heavy (non-hydrogen) atoms. The van der Waals surface area contributed by atoms with Crippen molar-refractivity contribution in [3.05, 3.63) is 11.3 Å². The first-order valence-electron chi connectivity index (χ1n) is 6.53. The summed E-state index contributed by atoms with van der Waals surface area (Å²) < 4.78 is 25.2. The summed E-state index contributed by atoms with van der Waals surface area (Å²) in [6, 6.07) is 1.97. The van der Waals surface area contributed by atoms with Gasteiger partial charge >= 0.3 is 0 Å². The van der Waals surface area contributed by atoms with E-state index in [2.05, 4.69) is 5.10 Å². The molecular weight excluding hydrogens is 264 g/mol. The standard InChI is InChI=1S/C12H18N4O2S/c1-2-3-4-7-19(17,18)16-12(14)10(8-13)11(15-16)9-5-6-9/h9H,2-7,14H2,1H3. The molecule has 1 aromatic heterocycles. The van der Waals surface area contributed by atoms with E-state index in [1.807, 2.05) is 13.0 Å². The van der Waals surface area contributed by atoms with Gasteiger partial charge in [0.05, 0.1) is 11.4 Å². The van der Waals surface area contributed by atoms with Gasteiger partial charge in [-0.1, -0.05) is 19.8 Å². The number of nitrogens with zero attached hydrogens (tertiary/aromatic N) is 3. The van der Waals surface area contributed by atoms with E-state index in [4.69, 9.17) is 11.0 Å². The van der Waals surface area contributed by atoms with Crippen LogP contribution >= 0.6 is 0 Å². The van der Waals surface area contributed by atoms with Crippen molar-refractivity contribution in [2.45, 2.75) is 44.9 Å². The SMILES string of the molecule is CCCCCS(=O)(=O)n1nc(C2CC2)c(C#N)c1N. The van der Waals surface area contributed by atoms with E-state index in [0.29, 0.717) is 12.1 Å². The lowest BCUT2D eigenvalue weighted by molar-refractivity contribution is 0.575. The molecular formula is C12H18N4O2S. The van der Waals surface area contributed by atoms with Crippen molar-refractivity contribution in [3.8, 4) is 6.07 Å². The van der Waals surface area contributed by atoms with Gasteiger partial charge in [0, 0.05) is 5.92 Å². The van der Waals surface area contributed by atoms with Crippen LogP contribution in [-0.2, 0) is 10.0 Å². The Hall–Kier alpha value is -1.55. The molecule has 2 rings (SSSR count). The fourth-order valence-corrected chi connectivity index (χ4v) is 3.36. The molecule has 1 aromatic rings. The van der Waals surface area contributed by atoms with E-state index in [1.54, 1.807) is 0 Å². The second-order valence-electron chi connectivity index (χ2n) is 4.90. The normalized spacial score (nSPS) is 15.4. The van der Waals surface area contributed by atoms with Crippen molar-refractivity contribution < 1.29 is 8.42 Å². The maximum absolute atomic E-state index is 12.2. The van der Waals surface area contributed by atoms with Gasteiger partial charge in [-0.3, -0.25) is 0 Å².